The number of aromatic nitrogens is 2. The molecule has 2 aromatic rings. The summed E-state index contributed by atoms with van der Waals surface area (Å²) >= 11 is 5.93. The molecule has 0 fully saturated rings. The molecule has 2 rings (SSSR count). The van der Waals surface area contributed by atoms with E-state index >= 15 is 0 Å². The minimum absolute atomic E-state index is 0.288. The van der Waals surface area contributed by atoms with Gasteiger partial charge in [0.25, 0.3) is 0 Å². The number of halogens is 2. The van der Waals surface area contributed by atoms with Gasteiger partial charge in [-0.05, 0) is 32.2 Å². The van der Waals surface area contributed by atoms with E-state index in [1.807, 2.05) is 17.7 Å². The molecule has 1 aromatic heterocycles. The third kappa shape index (κ3) is 2.40. The highest BCUT2D eigenvalue weighted by Crippen LogP contribution is 2.25. The molecule has 0 amide bonds. The number of nitrogens with one attached hydrogen (secondary N) is 1. The first kappa shape index (κ1) is 13.1. The Hall–Kier alpha value is -1.39. The second kappa shape index (κ2) is 5.50. The molecule has 0 aliphatic rings. The largest absolute Gasteiger partial charge is 0.334 e. The Bertz CT molecular complexity index is 539. The molecule has 3 nitrogen and oxygen atoms in total. The quantitative estimate of drug-likeness (QED) is 0.923. The molecule has 0 aliphatic heterocycles. The lowest BCUT2D eigenvalue weighted by atomic mass is 10.1. The van der Waals surface area contributed by atoms with E-state index in [9.17, 15) is 4.39 Å². The molecule has 0 saturated carbocycles. The van der Waals surface area contributed by atoms with E-state index in [1.54, 1.807) is 25.4 Å². The summed E-state index contributed by atoms with van der Waals surface area (Å²) in [6, 6.07) is 4.24. The molecule has 1 aromatic carbocycles. The van der Waals surface area contributed by atoms with Crippen LogP contribution in [0.5, 0.6) is 0 Å². The first-order chi connectivity index (χ1) is 8.67. The Balaban J connectivity index is 2.48. The Labute approximate surface area is 111 Å². The maximum Gasteiger partial charge on any atom is 0.130 e. The number of hydrogen-bond acceptors (Lipinski definition) is 2. The fraction of sp³-hybridized carbons (Fsp3) is 0.308. The molecule has 0 bridgehead atoms. The van der Waals surface area contributed by atoms with Gasteiger partial charge in [0, 0.05) is 29.5 Å². The minimum Gasteiger partial charge on any atom is -0.334 e. The first-order valence-electron chi connectivity index (χ1n) is 5.80. The Kier molecular flexibility index (Phi) is 3.99. The van der Waals surface area contributed by atoms with E-state index in [1.165, 1.54) is 6.07 Å². The van der Waals surface area contributed by atoms with Gasteiger partial charge in [-0.3, -0.25) is 0 Å². The van der Waals surface area contributed by atoms with Crippen molar-refractivity contribution in [2.75, 3.05) is 7.05 Å². The number of hydrogen-bond donors (Lipinski definition) is 1. The second-order valence-electron chi connectivity index (χ2n) is 3.96. The molecular formula is C13H15ClFN3. The SMILES string of the molecule is CCn1ccnc1C(NC)c1cc(Cl)ccc1F. The summed E-state index contributed by atoms with van der Waals surface area (Å²) in [6.45, 7) is 2.81. The number of benzene rings is 1. The molecule has 1 unspecified atom stereocenters. The highest BCUT2D eigenvalue weighted by Gasteiger charge is 2.20. The topological polar surface area (TPSA) is 29.9 Å². The molecule has 0 radical (unpaired) electrons. The molecule has 5 heteroatoms. The monoisotopic (exact) mass is 267 g/mol. The van der Waals surface area contributed by atoms with Gasteiger partial charge in [-0.15, -0.1) is 0 Å². The fourth-order valence-corrected chi connectivity index (χ4v) is 2.19. The van der Waals surface area contributed by atoms with Crippen LogP contribution in [0, 0.1) is 5.82 Å². The lowest BCUT2D eigenvalue weighted by molar-refractivity contribution is 0.543. The normalized spacial score (nSPS) is 12.7. The molecule has 1 heterocycles. The predicted octanol–water partition coefficient (Wildman–Crippen LogP) is 3.00. The average Bonchev–Trinajstić information content (AvgIpc) is 2.83. The summed E-state index contributed by atoms with van der Waals surface area (Å²) in [7, 11) is 1.78. The van der Waals surface area contributed by atoms with Gasteiger partial charge in [0.05, 0.1) is 6.04 Å². The van der Waals surface area contributed by atoms with Gasteiger partial charge < -0.3 is 9.88 Å². The maximum atomic E-state index is 13.9. The molecule has 0 saturated heterocycles. The van der Waals surface area contributed by atoms with Crippen LogP contribution in [0.4, 0.5) is 4.39 Å². The van der Waals surface area contributed by atoms with Crippen LogP contribution >= 0.6 is 11.6 Å². The fourth-order valence-electron chi connectivity index (χ4n) is 2.01. The van der Waals surface area contributed by atoms with E-state index < -0.39 is 0 Å². The minimum atomic E-state index is -0.307. The van der Waals surface area contributed by atoms with Crippen molar-refractivity contribution >= 4 is 11.6 Å². The van der Waals surface area contributed by atoms with Crippen LogP contribution in [-0.4, -0.2) is 16.6 Å². The Morgan fingerprint density at radius 1 is 1.50 bits per heavy atom. The number of nitrogens with zero attached hydrogens (tertiary/aromatic N) is 2. The summed E-state index contributed by atoms with van der Waals surface area (Å²) in [5.74, 6) is 0.491. The standard InChI is InChI=1S/C13H15ClFN3/c1-3-18-7-6-17-13(18)12(16-2)10-8-9(14)4-5-11(10)15/h4-8,12,16H,3H2,1-2H3. The second-order valence-corrected chi connectivity index (χ2v) is 4.40. The van der Waals surface area contributed by atoms with Gasteiger partial charge in [0.1, 0.15) is 11.6 Å². The van der Waals surface area contributed by atoms with Crippen molar-refractivity contribution in [3.8, 4) is 0 Å². The van der Waals surface area contributed by atoms with Crippen LogP contribution < -0.4 is 5.32 Å². The summed E-state index contributed by atoms with van der Waals surface area (Å²) < 4.78 is 15.9. The highest BCUT2D eigenvalue weighted by molar-refractivity contribution is 6.30. The zero-order chi connectivity index (χ0) is 13.1. The van der Waals surface area contributed by atoms with Crippen molar-refractivity contribution in [3.63, 3.8) is 0 Å². The van der Waals surface area contributed by atoms with Crippen LogP contribution in [-0.2, 0) is 6.54 Å². The zero-order valence-corrected chi connectivity index (χ0v) is 11.1. The Morgan fingerprint density at radius 2 is 2.28 bits per heavy atom. The van der Waals surface area contributed by atoms with Crippen LogP contribution in [0.1, 0.15) is 24.4 Å². The van der Waals surface area contributed by atoms with Crippen molar-refractivity contribution in [1.29, 1.82) is 0 Å². The Morgan fingerprint density at radius 3 is 2.94 bits per heavy atom. The highest BCUT2D eigenvalue weighted by atomic mass is 35.5. The summed E-state index contributed by atoms with van der Waals surface area (Å²) in [5, 5.41) is 3.60. The molecule has 0 spiro atoms. The zero-order valence-electron chi connectivity index (χ0n) is 10.3. The lowest BCUT2D eigenvalue weighted by Gasteiger charge is -2.18. The molecular weight excluding hydrogens is 253 g/mol. The molecule has 0 aliphatic carbocycles. The van der Waals surface area contributed by atoms with E-state index in [0.717, 1.165) is 12.4 Å². The average molecular weight is 268 g/mol. The van der Waals surface area contributed by atoms with Crippen molar-refractivity contribution in [2.24, 2.45) is 0 Å². The van der Waals surface area contributed by atoms with E-state index in [0.29, 0.717) is 10.6 Å². The molecule has 18 heavy (non-hydrogen) atoms. The van der Waals surface area contributed by atoms with Gasteiger partial charge in [-0.25, -0.2) is 9.37 Å². The van der Waals surface area contributed by atoms with E-state index in [2.05, 4.69) is 10.3 Å². The van der Waals surface area contributed by atoms with Gasteiger partial charge in [-0.1, -0.05) is 11.6 Å². The maximum absolute atomic E-state index is 13.9. The number of imidazole rings is 1. The number of rotatable bonds is 4. The van der Waals surface area contributed by atoms with E-state index in [-0.39, 0.29) is 11.9 Å². The summed E-state index contributed by atoms with van der Waals surface area (Å²) in [6.07, 6.45) is 3.59. The van der Waals surface area contributed by atoms with Crippen LogP contribution in [0.3, 0.4) is 0 Å². The van der Waals surface area contributed by atoms with Crippen LogP contribution in [0.15, 0.2) is 30.6 Å². The predicted molar refractivity (Wildman–Crippen MR) is 70.2 cm³/mol. The van der Waals surface area contributed by atoms with E-state index in [4.69, 9.17) is 11.6 Å². The summed E-state index contributed by atoms with van der Waals surface area (Å²) in [5.41, 5.74) is 0.505. The van der Waals surface area contributed by atoms with Gasteiger partial charge in [-0.2, -0.15) is 0 Å². The molecule has 96 valence electrons. The molecule has 1 atom stereocenters. The van der Waals surface area contributed by atoms with Crippen LogP contribution in [0.2, 0.25) is 5.02 Å². The van der Waals surface area contributed by atoms with Crippen molar-refractivity contribution in [1.82, 2.24) is 14.9 Å². The molecule has 1 N–H and O–H groups in total. The van der Waals surface area contributed by atoms with Crippen molar-refractivity contribution < 1.29 is 4.39 Å². The smallest absolute Gasteiger partial charge is 0.130 e. The summed E-state index contributed by atoms with van der Waals surface area (Å²) in [4.78, 5) is 4.30. The van der Waals surface area contributed by atoms with Crippen LogP contribution in [0.25, 0.3) is 0 Å². The van der Waals surface area contributed by atoms with Crippen molar-refractivity contribution in [3.05, 3.63) is 52.8 Å². The van der Waals surface area contributed by atoms with Gasteiger partial charge in [0.2, 0.25) is 0 Å². The third-order valence-electron chi connectivity index (χ3n) is 2.90. The third-order valence-corrected chi connectivity index (χ3v) is 3.14. The number of aryl methyl sites for hydroxylation is 1. The first-order valence-corrected chi connectivity index (χ1v) is 6.18. The van der Waals surface area contributed by atoms with Gasteiger partial charge >= 0.3 is 0 Å². The van der Waals surface area contributed by atoms with Gasteiger partial charge in [0.15, 0.2) is 0 Å². The van der Waals surface area contributed by atoms with Crippen molar-refractivity contribution in [2.45, 2.75) is 19.5 Å². The lowest BCUT2D eigenvalue weighted by Crippen LogP contribution is -2.22.